The third-order valence-corrected chi connectivity index (χ3v) is 3.00. The number of carboxylic acids is 1. The molecule has 0 aliphatic heterocycles. The number of esters is 1. The van der Waals surface area contributed by atoms with Crippen LogP contribution in [-0.2, 0) is 0 Å². The highest BCUT2D eigenvalue weighted by Gasteiger charge is 2.16. The van der Waals surface area contributed by atoms with Crippen LogP contribution in [0.1, 0.15) is 25.7 Å². The first-order valence-corrected chi connectivity index (χ1v) is 5.83. The zero-order chi connectivity index (χ0) is 13.1. The van der Waals surface area contributed by atoms with Crippen LogP contribution in [0.2, 0.25) is 0 Å². The number of carbonyl (C=O) groups is 2. The average molecular weight is 263 g/mol. The molecule has 0 aliphatic carbocycles. The fourth-order valence-corrected chi connectivity index (χ4v) is 1.86. The van der Waals surface area contributed by atoms with Gasteiger partial charge in [0.05, 0.1) is 0 Å². The van der Waals surface area contributed by atoms with Crippen molar-refractivity contribution in [2.24, 2.45) is 0 Å². The third-order valence-electron chi connectivity index (χ3n) is 2.23. The monoisotopic (exact) mass is 263 g/mol. The molecule has 2 aromatic rings. The van der Waals surface area contributed by atoms with Crippen molar-refractivity contribution in [1.29, 1.82) is 0 Å². The number of aryl methyl sites for hydroxylation is 1. The summed E-state index contributed by atoms with van der Waals surface area (Å²) in [6.07, 6.45) is 0. The maximum Gasteiger partial charge on any atom is 0.363 e. The van der Waals surface area contributed by atoms with E-state index in [0.29, 0.717) is 5.75 Å². The first kappa shape index (κ1) is 12.3. The summed E-state index contributed by atoms with van der Waals surface area (Å²) in [5, 5.41) is 8.73. The van der Waals surface area contributed by atoms with Gasteiger partial charge < -0.3 is 9.84 Å². The molecule has 2 rings (SSSR count). The topological polar surface area (TPSA) is 76.5 Å². The maximum absolute atomic E-state index is 11.7. The van der Waals surface area contributed by atoms with Gasteiger partial charge in [0.2, 0.25) is 0 Å². The fraction of sp³-hybridized carbons (Fsp3) is 0.0833. The Morgan fingerprint density at radius 2 is 2.06 bits per heavy atom. The molecule has 0 radical (unpaired) electrons. The van der Waals surface area contributed by atoms with Gasteiger partial charge in [-0.2, -0.15) is 4.37 Å². The van der Waals surface area contributed by atoms with Crippen LogP contribution in [0.5, 0.6) is 5.75 Å². The van der Waals surface area contributed by atoms with Gasteiger partial charge in [0.25, 0.3) is 0 Å². The van der Waals surface area contributed by atoms with Crippen molar-refractivity contribution in [3.63, 3.8) is 0 Å². The molecule has 0 saturated carbocycles. The predicted molar refractivity (Wildman–Crippen MR) is 65.2 cm³/mol. The van der Waals surface area contributed by atoms with Crippen molar-refractivity contribution >= 4 is 23.5 Å². The summed E-state index contributed by atoms with van der Waals surface area (Å²) >= 11 is 0.750. The Kier molecular flexibility index (Phi) is 3.38. The SMILES string of the molecule is Cc1ccccc1OC(=O)c1cc(C(=O)O)sn1. The van der Waals surface area contributed by atoms with Crippen molar-refractivity contribution in [2.75, 3.05) is 0 Å². The van der Waals surface area contributed by atoms with Crippen LogP contribution < -0.4 is 4.74 Å². The highest BCUT2D eigenvalue weighted by molar-refractivity contribution is 7.08. The van der Waals surface area contributed by atoms with E-state index in [2.05, 4.69) is 4.37 Å². The quantitative estimate of drug-likeness (QED) is 0.679. The Morgan fingerprint density at radius 1 is 1.33 bits per heavy atom. The predicted octanol–water partition coefficient (Wildman–Crippen LogP) is 2.37. The van der Waals surface area contributed by atoms with E-state index in [0.717, 1.165) is 17.1 Å². The van der Waals surface area contributed by atoms with Crippen LogP contribution in [-0.4, -0.2) is 21.4 Å². The molecule has 5 nitrogen and oxygen atoms in total. The lowest BCUT2D eigenvalue weighted by molar-refractivity contribution is 0.0702. The van der Waals surface area contributed by atoms with Crippen molar-refractivity contribution in [2.45, 2.75) is 6.92 Å². The first-order chi connectivity index (χ1) is 8.58. The standard InChI is InChI=1S/C12H9NO4S/c1-7-4-2-3-5-9(7)17-12(16)8-6-10(11(14)15)18-13-8/h2-6H,1H3,(H,14,15). The van der Waals surface area contributed by atoms with Gasteiger partial charge in [0, 0.05) is 0 Å². The minimum absolute atomic E-state index is 0.000605. The summed E-state index contributed by atoms with van der Waals surface area (Å²) in [4.78, 5) is 22.4. The molecule has 0 atom stereocenters. The van der Waals surface area contributed by atoms with E-state index in [1.165, 1.54) is 6.07 Å². The lowest BCUT2D eigenvalue weighted by atomic mass is 10.2. The van der Waals surface area contributed by atoms with E-state index in [9.17, 15) is 9.59 Å². The summed E-state index contributed by atoms with van der Waals surface area (Å²) in [5.74, 6) is -1.33. The van der Waals surface area contributed by atoms with Crippen LogP contribution in [0.25, 0.3) is 0 Å². The second kappa shape index (κ2) is 4.97. The molecule has 1 heterocycles. The average Bonchev–Trinajstić information content (AvgIpc) is 2.81. The number of aromatic nitrogens is 1. The number of nitrogens with zero attached hydrogens (tertiary/aromatic N) is 1. The largest absolute Gasteiger partial charge is 0.477 e. The number of carbonyl (C=O) groups excluding carboxylic acids is 1. The van der Waals surface area contributed by atoms with Gasteiger partial charge in [-0.25, -0.2) is 9.59 Å². The van der Waals surface area contributed by atoms with Gasteiger partial charge >= 0.3 is 11.9 Å². The van der Waals surface area contributed by atoms with Gasteiger partial charge in [0.15, 0.2) is 5.69 Å². The maximum atomic E-state index is 11.7. The summed E-state index contributed by atoms with van der Waals surface area (Å²) in [6.45, 7) is 1.81. The molecule has 1 aromatic heterocycles. The number of hydrogen-bond acceptors (Lipinski definition) is 5. The van der Waals surface area contributed by atoms with Crippen LogP contribution in [0.3, 0.4) is 0 Å². The van der Waals surface area contributed by atoms with E-state index >= 15 is 0 Å². The summed E-state index contributed by atoms with van der Waals surface area (Å²) < 4.78 is 8.89. The van der Waals surface area contributed by atoms with Crippen LogP contribution in [0.4, 0.5) is 0 Å². The number of aromatic carboxylic acids is 1. The first-order valence-electron chi connectivity index (χ1n) is 5.06. The summed E-state index contributed by atoms with van der Waals surface area (Å²) in [5.41, 5.74) is 0.820. The summed E-state index contributed by atoms with van der Waals surface area (Å²) in [6, 6.07) is 8.26. The number of benzene rings is 1. The highest BCUT2D eigenvalue weighted by Crippen LogP contribution is 2.18. The van der Waals surface area contributed by atoms with Gasteiger partial charge in [-0.15, -0.1) is 0 Å². The fourth-order valence-electron chi connectivity index (χ4n) is 1.30. The van der Waals surface area contributed by atoms with Crippen LogP contribution in [0, 0.1) is 6.92 Å². The Labute approximate surface area is 107 Å². The third kappa shape index (κ3) is 2.54. The number of carboxylic acid groups (broad SMARTS) is 1. The van der Waals surface area contributed by atoms with Gasteiger partial charge in [-0.1, -0.05) is 18.2 Å². The molecule has 92 valence electrons. The molecule has 0 saturated heterocycles. The number of para-hydroxylation sites is 1. The minimum atomic E-state index is -1.11. The second-order valence-electron chi connectivity index (χ2n) is 3.54. The molecular formula is C12H9NO4S. The minimum Gasteiger partial charge on any atom is -0.477 e. The van der Waals surface area contributed by atoms with Gasteiger partial charge in [0.1, 0.15) is 10.6 Å². The zero-order valence-electron chi connectivity index (χ0n) is 9.41. The molecule has 1 aromatic carbocycles. The van der Waals surface area contributed by atoms with Gasteiger partial charge in [-0.05, 0) is 36.2 Å². The zero-order valence-corrected chi connectivity index (χ0v) is 10.2. The van der Waals surface area contributed by atoms with Crippen molar-refractivity contribution in [3.05, 3.63) is 46.5 Å². The number of rotatable bonds is 3. The molecular weight excluding hydrogens is 254 g/mol. The van der Waals surface area contributed by atoms with Crippen molar-refractivity contribution in [1.82, 2.24) is 4.37 Å². The van der Waals surface area contributed by atoms with E-state index in [-0.39, 0.29) is 10.6 Å². The molecule has 0 bridgehead atoms. The molecule has 1 N–H and O–H groups in total. The Hall–Kier alpha value is -2.21. The Bertz CT molecular complexity index is 606. The second-order valence-corrected chi connectivity index (χ2v) is 4.34. The number of hydrogen-bond donors (Lipinski definition) is 1. The molecule has 0 unspecified atom stereocenters. The lowest BCUT2D eigenvalue weighted by Gasteiger charge is -2.04. The highest BCUT2D eigenvalue weighted by atomic mass is 32.1. The number of ether oxygens (including phenoxy) is 1. The molecule has 0 fully saturated rings. The lowest BCUT2D eigenvalue weighted by Crippen LogP contribution is -2.09. The van der Waals surface area contributed by atoms with Crippen LogP contribution >= 0.6 is 11.5 Å². The van der Waals surface area contributed by atoms with Crippen LogP contribution in [0.15, 0.2) is 30.3 Å². The Morgan fingerprint density at radius 3 is 2.67 bits per heavy atom. The normalized spacial score (nSPS) is 10.1. The van der Waals surface area contributed by atoms with E-state index in [1.54, 1.807) is 12.1 Å². The van der Waals surface area contributed by atoms with E-state index < -0.39 is 11.9 Å². The van der Waals surface area contributed by atoms with Crippen molar-refractivity contribution < 1.29 is 19.4 Å². The van der Waals surface area contributed by atoms with E-state index in [4.69, 9.17) is 9.84 Å². The molecule has 0 aliphatic rings. The summed E-state index contributed by atoms with van der Waals surface area (Å²) in [7, 11) is 0. The van der Waals surface area contributed by atoms with Crippen molar-refractivity contribution in [3.8, 4) is 5.75 Å². The molecule has 6 heteroatoms. The van der Waals surface area contributed by atoms with E-state index in [1.807, 2.05) is 19.1 Å². The smallest absolute Gasteiger partial charge is 0.363 e. The van der Waals surface area contributed by atoms with Gasteiger partial charge in [-0.3, -0.25) is 0 Å². The molecule has 0 amide bonds. The molecule has 0 spiro atoms. The Balaban J connectivity index is 2.17. The molecule has 18 heavy (non-hydrogen) atoms.